The topological polar surface area (TPSA) is 68.9 Å². The summed E-state index contributed by atoms with van der Waals surface area (Å²) in [6.07, 6.45) is 3.22. The van der Waals surface area contributed by atoms with Crippen LogP contribution in [0.15, 0.2) is 36.8 Å². The molecule has 0 fully saturated rings. The van der Waals surface area contributed by atoms with Crippen molar-refractivity contribution in [2.24, 2.45) is 0 Å². The van der Waals surface area contributed by atoms with E-state index in [4.69, 9.17) is 5.26 Å². The van der Waals surface area contributed by atoms with E-state index in [9.17, 15) is 0 Å². The second-order valence-corrected chi connectivity index (χ2v) is 4.00. The van der Waals surface area contributed by atoms with Crippen molar-refractivity contribution in [1.29, 1.82) is 5.26 Å². The van der Waals surface area contributed by atoms with Crippen LogP contribution < -0.4 is 9.80 Å². The summed E-state index contributed by atoms with van der Waals surface area (Å²) in [6.45, 7) is 0.282. The first-order valence-electron chi connectivity index (χ1n) is 5.77. The summed E-state index contributed by atoms with van der Waals surface area (Å²) in [5.41, 5.74) is 0. The number of hydrogen-bond donors (Lipinski definition) is 0. The molecular weight excluding hydrogens is 240 g/mol. The summed E-state index contributed by atoms with van der Waals surface area (Å²) in [6, 6.07) is 9.60. The molecule has 0 aliphatic carbocycles. The third-order valence-electron chi connectivity index (χ3n) is 2.67. The van der Waals surface area contributed by atoms with Crippen LogP contribution in [0, 0.1) is 11.3 Å². The van der Waals surface area contributed by atoms with E-state index in [1.807, 2.05) is 43.3 Å². The molecule has 2 aromatic rings. The summed E-state index contributed by atoms with van der Waals surface area (Å²) in [5.74, 6) is 2.23. The smallest absolute Gasteiger partial charge is 0.139 e. The van der Waals surface area contributed by atoms with Crippen LogP contribution in [0.2, 0.25) is 0 Å². The van der Waals surface area contributed by atoms with E-state index in [2.05, 4.69) is 21.0 Å². The highest BCUT2D eigenvalue weighted by Gasteiger charge is 2.09. The van der Waals surface area contributed by atoms with Crippen molar-refractivity contribution in [1.82, 2.24) is 15.0 Å². The average Bonchev–Trinajstić information content (AvgIpc) is 2.48. The number of anilines is 3. The number of nitrogens with zero attached hydrogens (tertiary/aromatic N) is 6. The molecule has 2 rings (SSSR count). The summed E-state index contributed by atoms with van der Waals surface area (Å²) < 4.78 is 0. The van der Waals surface area contributed by atoms with E-state index >= 15 is 0 Å². The fourth-order valence-corrected chi connectivity index (χ4v) is 1.59. The fraction of sp³-hybridized carbons (Fsp3) is 0.231. The first kappa shape index (κ1) is 12.8. The number of pyridine rings is 1. The first-order valence-corrected chi connectivity index (χ1v) is 5.77. The van der Waals surface area contributed by atoms with Crippen molar-refractivity contribution in [2.45, 2.75) is 0 Å². The zero-order valence-electron chi connectivity index (χ0n) is 10.9. The van der Waals surface area contributed by atoms with Gasteiger partial charge >= 0.3 is 0 Å². The molecule has 6 nitrogen and oxygen atoms in total. The number of nitriles is 1. The molecule has 0 amide bonds. The Labute approximate surface area is 112 Å². The monoisotopic (exact) mass is 254 g/mol. The fourth-order valence-electron chi connectivity index (χ4n) is 1.59. The second-order valence-electron chi connectivity index (χ2n) is 4.00. The van der Waals surface area contributed by atoms with E-state index in [-0.39, 0.29) is 6.54 Å². The molecular formula is C13H14N6. The van der Waals surface area contributed by atoms with Gasteiger partial charge in [-0.3, -0.25) is 0 Å². The molecule has 0 atom stereocenters. The molecule has 0 bridgehead atoms. The van der Waals surface area contributed by atoms with Gasteiger partial charge in [-0.15, -0.1) is 0 Å². The normalized spacial score (nSPS) is 9.74. The maximum absolute atomic E-state index is 8.70. The molecule has 0 aliphatic rings. The van der Waals surface area contributed by atoms with Crippen molar-refractivity contribution in [3.8, 4) is 6.07 Å². The summed E-state index contributed by atoms with van der Waals surface area (Å²) in [4.78, 5) is 16.3. The third-order valence-corrected chi connectivity index (χ3v) is 2.67. The van der Waals surface area contributed by atoms with Gasteiger partial charge in [0.25, 0.3) is 0 Å². The molecule has 19 heavy (non-hydrogen) atoms. The van der Waals surface area contributed by atoms with E-state index < -0.39 is 0 Å². The Morgan fingerprint density at radius 2 is 1.89 bits per heavy atom. The molecule has 0 spiro atoms. The van der Waals surface area contributed by atoms with Gasteiger partial charge in [0.05, 0.1) is 6.07 Å². The lowest BCUT2D eigenvalue weighted by atomic mass is 10.4. The summed E-state index contributed by atoms with van der Waals surface area (Å²) in [5, 5.41) is 8.70. The largest absolute Gasteiger partial charge is 0.346 e. The highest BCUT2D eigenvalue weighted by molar-refractivity contribution is 5.58. The minimum atomic E-state index is 0.282. The van der Waals surface area contributed by atoms with Crippen molar-refractivity contribution < 1.29 is 0 Å². The third kappa shape index (κ3) is 2.96. The van der Waals surface area contributed by atoms with Crippen LogP contribution in [0.1, 0.15) is 0 Å². The van der Waals surface area contributed by atoms with Crippen molar-refractivity contribution in [2.75, 3.05) is 30.4 Å². The Morgan fingerprint density at radius 1 is 1.11 bits per heavy atom. The molecule has 2 aromatic heterocycles. The van der Waals surface area contributed by atoms with Crippen LogP contribution in [0.3, 0.4) is 0 Å². The SMILES string of the molecule is CN(CC#N)c1cc(N(C)c2ccccn2)ncn1. The van der Waals surface area contributed by atoms with E-state index in [1.54, 1.807) is 11.1 Å². The van der Waals surface area contributed by atoms with Crippen molar-refractivity contribution in [3.63, 3.8) is 0 Å². The van der Waals surface area contributed by atoms with Gasteiger partial charge < -0.3 is 9.80 Å². The summed E-state index contributed by atoms with van der Waals surface area (Å²) in [7, 11) is 3.70. The average molecular weight is 254 g/mol. The second kappa shape index (κ2) is 5.78. The Kier molecular flexibility index (Phi) is 3.88. The zero-order chi connectivity index (χ0) is 13.7. The molecule has 0 saturated heterocycles. The Hall–Kier alpha value is -2.68. The van der Waals surface area contributed by atoms with Gasteiger partial charge in [-0.1, -0.05) is 6.07 Å². The maximum Gasteiger partial charge on any atom is 0.139 e. The first-order chi connectivity index (χ1) is 9.22. The molecule has 96 valence electrons. The highest BCUT2D eigenvalue weighted by atomic mass is 15.2. The van der Waals surface area contributed by atoms with Gasteiger partial charge in [-0.2, -0.15) is 5.26 Å². The molecule has 0 aliphatic heterocycles. The van der Waals surface area contributed by atoms with Crippen LogP contribution in [-0.4, -0.2) is 35.6 Å². The van der Waals surface area contributed by atoms with Crippen LogP contribution in [0.5, 0.6) is 0 Å². The standard InChI is InChI=1S/C13H14N6/c1-18(8-6-14)12-9-13(17-10-16-12)19(2)11-5-3-4-7-15-11/h3-5,7,9-10H,8H2,1-2H3. The van der Waals surface area contributed by atoms with Crippen LogP contribution in [-0.2, 0) is 0 Å². The summed E-state index contributed by atoms with van der Waals surface area (Å²) >= 11 is 0. The van der Waals surface area contributed by atoms with E-state index in [0.29, 0.717) is 5.82 Å². The highest BCUT2D eigenvalue weighted by Crippen LogP contribution is 2.21. The van der Waals surface area contributed by atoms with Gasteiger partial charge in [0.1, 0.15) is 30.3 Å². The van der Waals surface area contributed by atoms with Crippen LogP contribution in [0.4, 0.5) is 17.5 Å². The van der Waals surface area contributed by atoms with Gasteiger partial charge in [-0.05, 0) is 12.1 Å². The minimum Gasteiger partial charge on any atom is -0.346 e. The van der Waals surface area contributed by atoms with Crippen molar-refractivity contribution >= 4 is 17.5 Å². The Bertz CT molecular complexity index is 577. The molecule has 0 saturated carbocycles. The minimum absolute atomic E-state index is 0.282. The lowest BCUT2D eigenvalue weighted by molar-refractivity contribution is 0.967. The predicted octanol–water partition coefficient (Wildman–Crippen LogP) is 1.60. The maximum atomic E-state index is 8.70. The number of hydrogen-bond acceptors (Lipinski definition) is 6. The van der Waals surface area contributed by atoms with Crippen molar-refractivity contribution in [3.05, 3.63) is 36.8 Å². The molecule has 0 unspecified atom stereocenters. The van der Waals surface area contributed by atoms with Gasteiger partial charge in [-0.25, -0.2) is 15.0 Å². The lowest BCUT2D eigenvalue weighted by Crippen LogP contribution is -2.20. The quantitative estimate of drug-likeness (QED) is 0.772. The van der Waals surface area contributed by atoms with E-state index in [0.717, 1.165) is 11.6 Å². The molecule has 2 heterocycles. The van der Waals surface area contributed by atoms with Crippen LogP contribution >= 0.6 is 0 Å². The molecule has 0 N–H and O–H groups in total. The number of rotatable bonds is 4. The Morgan fingerprint density at radius 3 is 2.58 bits per heavy atom. The van der Waals surface area contributed by atoms with Crippen LogP contribution in [0.25, 0.3) is 0 Å². The Balaban J connectivity index is 2.26. The number of aromatic nitrogens is 3. The molecule has 0 radical (unpaired) electrons. The van der Waals surface area contributed by atoms with Gasteiger partial charge in [0.15, 0.2) is 0 Å². The lowest BCUT2D eigenvalue weighted by Gasteiger charge is -2.19. The van der Waals surface area contributed by atoms with Gasteiger partial charge in [0.2, 0.25) is 0 Å². The van der Waals surface area contributed by atoms with Gasteiger partial charge in [0, 0.05) is 26.4 Å². The van der Waals surface area contributed by atoms with E-state index in [1.165, 1.54) is 6.33 Å². The predicted molar refractivity (Wildman–Crippen MR) is 73.2 cm³/mol. The molecule has 0 aromatic carbocycles. The molecule has 6 heteroatoms. The zero-order valence-corrected chi connectivity index (χ0v) is 10.9.